The van der Waals surface area contributed by atoms with Crippen molar-refractivity contribution < 1.29 is 9.72 Å². The first-order valence-electron chi connectivity index (χ1n) is 5.15. The molecule has 1 N–H and O–H groups in total. The van der Waals surface area contributed by atoms with Crippen LogP contribution in [0.25, 0.3) is 10.8 Å². The van der Waals surface area contributed by atoms with Gasteiger partial charge in [0.15, 0.2) is 0 Å². The van der Waals surface area contributed by atoms with Crippen molar-refractivity contribution in [2.45, 2.75) is 0 Å². The summed E-state index contributed by atoms with van der Waals surface area (Å²) in [6.07, 6.45) is 0. The highest BCUT2D eigenvalue weighted by Gasteiger charge is 2.14. The molecule has 0 radical (unpaired) electrons. The Kier molecular flexibility index (Phi) is 3.43. The predicted molar refractivity (Wildman–Crippen MR) is 70.0 cm³/mol. The fourth-order valence-corrected chi connectivity index (χ4v) is 1.80. The highest BCUT2D eigenvalue weighted by Crippen LogP contribution is 2.31. The van der Waals surface area contributed by atoms with E-state index in [0.29, 0.717) is 16.5 Å². The second-order valence-corrected chi connectivity index (χ2v) is 3.88. The summed E-state index contributed by atoms with van der Waals surface area (Å²) in [6, 6.07) is 9.69. The molecule has 0 saturated carbocycles. The van der Waals surface area contributed by atoms with Crippen LogP contribution in [0, 0.1) is 10.1 Å². The average molecular weight is 265 g/mol. The van der Waals surface area contributed by atoms with Gasteiger partial charge in [0.05, 0.1) is 10.3 Å². The Bertz CT molecular complexity index is 628. The lowest BCUT2D eigenvalue weighted by Crippen LogP contribution is -2.12. The third-order valence-electron chi connectivity index (χ3n) is 2.49. The van der Waals surface area contributed by atoms with E-state index in [-0.39, 0.29) is 17.5 Å². The molecule has 0 aliphatic heterocycles. The van der Waals surface area contributed by atoms with E-state index in [1.165, 1.54) is 12.1 Å². The van der Waals surface area contributed by atoms with Crippen molar-refractivity contribution in [3.63, 3.8) is 0 Å². The molecular weight excluding hydrogens is 256 g/mol. The molecule has 0 aliphatic carbocycles. The Morgan fingerprint density at radius 3 is 2.50 bits per heavy atom. The molecule has 0 bridgehead atoms. The van der Waals surface area contributed by atoms with Crippen LogP contribution < -0.4 is 5.32 Å². The van der Waals surface area contributed by atoms with Gasteiger partial charge in [-0.05, 0) is 12.1 Å². The second kappa shape index (κ2) is 5.01. The number of nitro groups is 1. The van der Waals surface area contributed by atoms with Crippen LogP contribution in [-0.4, -0.2) is 16.7 Å². The lowest BCUT2D eigenvalue weighted by Gasteiger charge is -2.07. The van der Waals surface area contributed by atoms with Gasteiger partial charge < -0.3 is 5.32 Å². The van der Waals surface area contributed by atoms with Crippen molar-refractivity contribution in [1.29, 1.82) is 0 Å². The summed E-state index contributed by atoms with van der Waals surface area (Å²) in [5, 5.41) is 14.6. The first-order chi connectivity index (χ1) is 8.63. The molecule has 0 aliphatic rings. The van der Waals surface area contributed by atoms with Crippen molar-refractivity contribution in [3.8, 4) is 0 Å². The number of amides is 1. The van der Waals surface area contributed by atoms with E-state index >= 15 is 0 Å². The van der Waals surface area contributed by atoms with Gasteiger partial charge in [0.2, 0.25) is 5.91 Å². The van der Waals surface area contributed by atoms with Crippen molar-refractivity contribution in [2.24, 2.45) is 0 Å². The van der Waals surface area contributed by atoms with Gasteiger partial charge in [0.25, 0.3) is 5.69 Å². The maximum Gasteiger partial charge on any atom is 0.277 e. The molecule has 0 saturated heterocycles. The molecule has 0 unspecified atom stereocenters. The van der Waals surface area contributed by atoms with Crippen LogP contribution in [0.4, 0.5) is 11.4 Å². The zero-order valence-corrected chi connectivity index (χ0v) is 9.98. The minimum atomic E-state index is -0.449. The summed E-state index contributed by atoms with van der Waals surface area (Å²) in [5.41, 5.74) is 0.524. The minimum Gasteiger partial charge on any atom is -0.324 e. The van der Waals surface area contributed by atoms with Crippen LogP contribution in [0.15, 0.2) is 36.4 Å². The SMILES string of the molecule is O=C(CCl)Nc1ccc([N+](=O)[O-])c2ccccc12. The minimum absolute atomic E-state index is 0.00877. The standard InChI is InChI=1S/C12H9ClN2O3/c13-7-12(16)14-10-5-6-11(15(17)18)9-4-2-1-3-8(9)10/h1-6H,7H2,(H,14,16). The second-order valence-electron chi connectivity index (χ2n) is 3.62. The summed E-state index contributed by atoms with van der Waals surface area (Å²) in [6.45, 7) is 0. The molecule has 2 aromatic rings. The number of benzene rings is 2. The lowest BCUT2D eigenvalue weighted by molar-refractivity contribution is -0.383. The molecule has 0 atom stereocenters. The Morgan fingerprint density at radius 2 is 1.89 bits per heavy atom. The fraction of sp³-hybridized carbons (Fsp3) is 0.0833. The average Bonchev–Trinajstić information content (AvgIpc) is 2.38. The number of fused-ring (bicyclic) bond motifs is 1. The number of nitrogens with zero attached hydrogens (tertiary/aromatic N) is 1. The lowest BCUT2D eigenvalue weighted by atomic mass is 10.1. The van der Waals surface area contributed by atoms with Crippen LogP contribution in [-0.2, 0) is 4.79 Å². The van der Waals surface area contributed by atoms with E-state index in [1.54, 1.807) is 24.3 Å². The summed E-state index contributed by atoms with van der Waals surface area (Å²) >= 11 is 5.41. The van der Waals surface area contributed by atoms with E-state index in [2.05, 4.69) is 5.32 Å². The fourth-order valence-electron chi connectivity index (χ4n) is 1.73. The van der Waals surface area contributed by atoms with E-state index in [1.807, 2.05) is 0 Å². The largest absolute Gasteiger partial charge is 0.324 e. The van der Waals surface area contributed by atoms with E-state index in [0.717, 1.165) is 0 Å². The molecule has 0 aromatic heterocycles. The summed E-state index contributed by atoms with van der Waals surface area (Å²) in [7, 11) is 0. The third-order valence-corrected chi connectivity index (χ3v) is 2.74. The zero-order valence-electron chi connectivity index (χ0n) is 9.22. The summed E-state index contributed by atoms with van der Waals surface area (Å²) < 4.78 is 0. The van der Waals surface area contributed by atoms with Crippen molar-refractivity contribution in [3.05, 3.63) is 46.5 Å². The zero-order chi connectivity index (χ0) is 13.1. The Balaban J connectivity index is 2.61. The van der Waals surface area contributed by atoms with Gasteiger partial charge in [-0.1, -0.05) is 18.2 Å². The Morgan fingerprint density at radius 1 is 1.22 bits per heavy atom. The van der Waals surface area contributed by atoms with Crippen molar-refractivity contribution in [1.82, 2.24) is 0 Å². The number of hydrogen-bond donors (Lipinski definition) is 1. The topological polar surface area (TPSA) is 72.2 Å². The molecular formula is C12H9ClN2O3. The van der Waals surface area contributed by atoms with Gasteiger partial charge in [-0.15, -0.1) is 11.6 Å². The number of nitro benzene ring substituents is 1. The number of hydrogen-bond acceptors (Lipinski definition) is 3. The van der Waals surface area contributed by atoms with Gasteiger partial charge >= 0.3 is 0 Å². The number of nitrogens with one attached hydrogen (secondary N) is 1. The number of rotatable bonds is 3. The number of non-ortho nitro benzene ring substituents is 1. The monoisotopic (exact) mass is 264 g/mol. The van der Waals surface area contributed by atoms with Gasteiger partial charge in [0, 0.05) is 17.1 Å². The molecule has 1 amide bonds. The van der Waals surface area contributed by atoms with Crippen LogP contribution in [0.3, 0.4) is 0 Å². The number of carbonyl (C=O) groups excluding carboxylic acids is 1. The first kappa shape index (κ1) is 12.3. The number of anilines is 1. The van der Waals surface area contributed by atoms with E-state index < -0.39 is 4.92 Å². The molecule has 2 aromatic carbocycles. The van der Waals surface area contributed by atoms with Crippen LogP contribution in [0.2, 0.25) is 0 Å². The smallest absolute Gasteiger partial charge is 0.277 e. The number of alkyl halides is 1. The van der Waals surface area contributed by atoms with Crippen molar-refractivity contribution in [2.75, 3.05) is 11.2 Å². The Labute approximate surface area is 108 Å². The highest BCUT2D eigenvalue weighted by atomic mass is 35.5. The molecule has 0 heterocycles. The van der Waals surface area contributed by atoms with Crippen LogP contribution >= 0.6 is 11.6 Å². The molecule has 6 heteroatoms. The van der Waals surface area contributed by atoms with Gasteiger partial charge in [-0.2, -0.15) is 0 Å². The first-order valence-corrected chi connectivity index (χ1v) is 5.69. The third kappa shape index (κ3) is 2.26. The summed E-state index contributed by atoms with van der Waals surface area (Å²) in [4.78, 5) is 21.7. The van der Waals surface area contributed by atoms with Crippen LogP contribution in [0.5, 0.6) is 0 Å². The van der Waals surface area contributed by atoms with Gasteiger partial charge in [-0.3, -0.25) is 14.9 Å². The van der Waals surface area contributed by atoms with Crippen molar-refractivity contribution >= 4 is 39.7 Å². The number of halogens is 1. The molecule has 92 valence electrons. The van der Waals surface area contributed by atoms with Gasteiger partial charge in [-0.25, -0.2) is 0 Å². The van der Waals surface area contributed by atoms with E-state index in [4.69, 9.17) is 11.6 Å². The molecule has 18 heavy (non-hydrogen) atoms. The maximum absolute atomic E-state index is 11.3. The molecule has 0 fully saturated rings. The molecule has 2 rings (SSSR count). The van der Waals surface area contributed by atoms with Gasteiger partial charge in [0.1, 0.15) is 5.88 Å². The molecule has 0 spiro atoms. The number of carbonyl (C=O) groups is 1. The van der Waals surface area contributed by atoms with Crippen LogP contribution in [0.1, 0.15) is 0 Å². The maximum atomic E-state index is 11.3. The molecule has 5 nitrogen and oxygen atoms in total. The summed E-state index contributed by atoms with van der Waals surface area (Å²) in [5.74, 6) is -0.513. The normalized spacial score (nSPS) is 10.3. The van der Waals surface area contributed by atoms with E-state index in [9.17, 15) is 14.9 Å². The highest BCUT2D eigenvalue weighted by molar-refractivity contribution is 6.29. The predicted octanol–water partition coefficient (Wildman–Crippen LogP) is 2.93. The Hall–Kier alpha value is -2.14. The quantitative estimate of drug-likeness (QED) is 0.526.